The Morgan fingerprint density at radius 3 is 2.38 bits per heavy atom. The van der Waals surface area contributed by atoms with Gasteiger partial charge in [-0.25, -0.2) is 0 Å². The molecule has 0 spiro atoms. The number of benzene rings is 2. The first-order valence-corrected chi connectivity index (χ1v) is 9.91. The van der Waals surface area contributed by atoms with Crippen LogP contribution in [0.25, 0.3) is 0 Å². The molecule has 1 N–H and O–H groups in total. The lowest BCUT2D eigenvalue weighted by Gasteiger charge is -2.34. The lowest BCUT2D eigenvalue weighted by molar-refractivity contribution is -0.147. The normalized spacial score (nSPS) is 18.9. The van der Waals surface area contributed by atoms with Gasteiger partial charge in [-0.15, -0.1) is 0 Å². The monoisotopic (exact) mass is 395 g/mol. The molecule has 1 fully saturated rings. The van der Waals surface area contributed by atoms with Crippen LogP contribution in [-0.2, 0) is 16.1 Å². The van der Waals surface area contributed by atoms with E-state index in [1.54, 1.807) is 4.90 Å². The number of carbonyl (C=O) groups excluding carboxylic acids is 2. The predicted octanol–water partition coefficient (Wildman–Crippen LogP) is 1.29. The fourth-order valence-corrected chi connectivity index (χ4v) is 3.54. The summed E-state index contributed by atoms with van der Waals surface area (Å²) >= 11 is 0. The highest BCUT2D eigenvalue weighted by molar-refractivity contribution is 6.35. The number of piperazine rings is 1. The largest absolute Gasteiger partial charge is 0.486 e. The van der Waals surface area contributed by atoms with Crippen molar-refractivity contribution in [3.05, 3.63) is 60.2 Å². The Kier molecular flexibility index (Phi) is 5.95. The maximum absolute atomic E-state index is 12.5. The summed E-state index contributed by atoms with van der Waals surface area (Å²) in [5.74, 6) is 0.267. The van der Waals surface area contributed by atoms with Crippen molar-refractivity contribution in [1.29, 1.82) is 0 Å². The van der Waals surface area contributed by atoms with E-state index in [2.05, 4.69) is 22.3 Å². The van der Waals surface area contributed by atoms with E-state index >= 15 is 0 Å². The summed E-state index contributed by atoms with van der Waals surface area (Å²) in [5, 5.41) is 2.68. The molecule has 7 heteroatoms. The van der Waals surface area contributed by atoms with Gasteiger partial charge >= 0.3 is 11.8 Å². The van der Waals surface area contributed by atoms with Crippen molar-refractivity contribution in [2.45, 2.75) is 12.6 Å². The van der Waals surface area contributed by atoms with Gasteiger partial charge < -0.3 is 19.7 Å². The molecule has 0 aromatic heterocycles. The maximum Gasteiger partial charge on any atom is 0.311 e. The molecule has 152 valence electrons. The smallest absolute Gasteiger partial charge is 0.311 e. The molecule has 1 unspecified atom stereocenters. The van der Waals surface area contributed by atoms with Gasteiger partial charge in [0.1, 0.15) is 12.7 Å². The Bertz CT molecular complexity index is 850. The van der Waals surface area contributed by atoms with Crippen LogP contribution in [0.1, 0.15) is 5.56 Å². The van der Waals surface area contributed by atoms with Gasteiger partial charge in [-0.2, -0.15) is 0 Å². The molecule has 2 amide bonds. The van der Waals surface area contributed by atoms with Crippen molar-refractivity contribution in [3.63, 3.8) is 0 Å². The Balaban J connectivity index is 1.21. The highest BCUT2D eigenvalue weighted by atomic mass is 16.6. The van der Waals surface area contributed by atoms with Crippen LogP contribution in [0.15, 0.2) is 54.6 Å². The van der Waals surface area contributed by atoms with Crippen LogP contribution in [0.5, 0.6) is 11.5 Å². The molecule has 2 aliphatic rings. The summed E-state index contributed by atoms with van der Waals surface area (Å²) in [5.41, 5.74) is 1.25. The van der Waals surface area contributed by atoms with E-state index in [1.807, 2.05) is 42.5 Å². The number of nitrogens with one attached hydrogen (secondary N) is 1. The van der Waals surface area contributed by atoms with Gasteiger partial charge in [-0.05, 0) is 17.7 Å². The number of para-hydroxylation sites is 2. The van der Waals surface area contributed by atoms with Gasteiger partial charge in [0.15, 0.2) is 11.5 Å². The van der Waals surface area contributed by atoms with Crippen LogP contribution in [-0.4, -0.2) is 67.0 Å². The van der Waals surface area contributed by atoms with Gasteiger partial charge in [-0.1, -0.05) is 42.5 Å². The molecule has 2 aromatic carbocycles. The van der Waals surface area contributed by atoms with Gasteiger partial charge in [0.25, 0.3) is 0 Å². The van der Waals surface area contributed by atoms with Crippen LogP contribution in [0.4, 0.5) is 0 Å². The number of fused-ring (bicyclic) bond motifs is 1. The molecular formula is C22H25N3O4. The van der Waals surface area contributed by atoms with E-state index in [9.17, 15) is 9.59 Å². The fraction of sp³-hybridized carbons (Fsp3) is 0.364. The van der Waals surface area contributed by atoms with E-state index in [4.69, 9.17) is 9.47 Å². The molecule has 0 radical (unpaired) electrons. The quantitative estimate of drug-likeness (QED) is 0.790. The number of ether oxygens (including phenoxy) is 2. The Labute approximate surface area is 170 Å². The zero-order valence-corrected chi connectivity index (χ0v) is 16.3. The molecule has 0 saturated carbocycles. The maximum atomic E-state index is 12.5. The second-order valence-electron chi connectivity index (χ2n) is 7.26. The third-order valence-corrected chi connectivity index (χ3v) is 5.16. The number of amides is 2. The van der Waals surface area contributed by atoms with Crippen molar-refractivity contribution in [2.75, 3.05) is 39.3 Å². The zero-order valence-electron chi connectivity index (χ0n) is 16.3. The van der Waals surface area contributed by atoms with Crippen LogP contribution < -0.4 is 14.8 Å². The fourth-order valence-electron chi connectivity index (χ4n) is 3.54. The highest BCUT2D eigenvalue weighted by Crippen LogP contribution is 2.30. The van der Waals surface area contributed by atoms with Crippen LogP contribution in [0, 0.1) is 0 Å². The minimum absolute atomic E-state index is 0.229. The summed E-state index contributed by atoms with van der Waals surface area (Å²) in [6.07, 6.45) is -0.315. The molecule has 2 aromatic rings. The molecule has 0 aliphatic carbocycles. The SMILES string of the molecule is O=C(NCC1COc2ccccc2O1)C(=O)N1CCN(Cc2ccccc2)CC1. The van der Waals surface area contributed by atoms with Crippen molar-refractivity contribution in [1.82, 2.24) is 15.1 Å². The van der Waals surface area contributed by atoms with Gasteiger partial charge in [0, 0.05) is 32.7 Å². The van der Waals surface area contributed by atoms with Gasteiger partial charge in [0.2, 0.25) is 0 Å². The highest BCUT2D eigenvalue weighted by Gasteiger charge is 2.27. The number of hydrogen-bond acceptors (Lipinski definition) is 5. The standard InChI is InChI=1S/C22H25N3O4/c26-21(23-14-18-16-28-19-8-4-5-9-20(19)29-18)22(27)25-12-10-24(11-13-25)15-17-6-2-1-3-7-17/h1-9,18H,10-16H2,(H,23,26). The average molecular weight is 395 g/mol. The second-order valence-corrected chi connectivity index (χ2v) is 7.26. The molecular weight excluding hydrogens is 370 g/mol. The third-order valence-electron chi connectivity index (χ3n) is 5.16. The van der Waals surface area contributed by atoms with Crippen LogP contribution in [0.2, 0.25) is 0 Å². The lowest BCUT2D eigenvalue weighted by Crippen LogP contribution is -2.53. The second kappa shape index (κ2) is 8.96. The van der Waals surface area contributed by atoms with E-state index in [-0.39, 0.29) is 12.6 Å². The first-order chi connectivity index (χ1) is 14.2. The Hall–Kier alpha value is -3.06. The molecule has 29 heavy (non-hydrogen) atoms. The molecule has 0 bridgehead atoms. The summed E-state index contributed by atoms with van der Waals surface area (Å²) in [6, 6.07) is 17.7. The summed E-state index contributed by atoms with van der Waals surface area (Å²) < 4.78 is 11.4. The number of nitrogens with zero attached hydrogens (tertiary/aromatic N) is 2. The Morgan fingerprint density at radius 2 is 1.62 bits per heavy atom. The van der Waals surface area contributed by atoms with Crippen molar-refractivity contribution in [3.8, 4) is 11.5 Å². The van der Waals surface area contributed by atoms with Crippen LogP contribution in [0.3, 0.4) is 0 Å². The van der Waals surface area contributed by atoms with Crippen LogP contribution >= 0.6 is 0 Å². The first-order valence-electron chi connectivity index (χ1n) is 9.91. The zero-order chi connectivity index (χ0) is 20.1. The van der Waals surface area contributed by atoms with Crippen molar-refractivity contribution < 1.29 is 19.1 Å². The molecule has 1 saturated heterocycles. The summed E-state index contributed by atoms with van der Waals surface area (Å²) in [4.78, 5) is 28.7. The number of rotatable bonds is 4. The van der Waals surface area contributed by atoms with E-state index in [0.29, 0.717) is 31.2 Å². The molecule has 2 aliphatic heterocycles. The molecule has 4 rings (SSSR count). The Morgan fingerprint density at radius 1 is 0.931 bits per heavy atom. The number of carbonyl (C=O) groups is 2. The predicted molar refractivity (Wildman–Crippen MR) is 108 cm³/mol. The third kappa shape index (κ3) is 4.86. The van der Waals surface area contributed by atoms with E-state index < -0.39 is 11.8 Å². The van der Waals surface area contributed by atoms with Crippen molar-refractivity contribution in [2.24, 2.45) is 0 Å². The molecule has 7 nitrogen and oxygen atoms in total. The molecule has 1 atom stereocenters. The topological polar surface area (TPSA) is 71.1 Å². The van der Waals surface area contributed by atoms with Crippen molar-refractivity contribution >= 4 is 11.8 Å². The lowest BCUT2D eigenvalue weighted by atomic mass is 10.2. The van der Waals surface area contributed by atoms with E-state index in [0.717, 1.165) is 19.6 Å². The van der Waals surface area contributed by atoms with Gasteiger partial charge in [-0.3, -0.25) is 14.5 Å². The van der Waals surface area contributed by atoms with Gasteiger partial charge in [0.05, 0.1) is 6.54 Å². The summed E-state index contributed by atoms with van der Waals surface area (Å²) in [6.45, 7) is 4.03. The first kappa shape index (κ1) is 19.3. The summed E-state index contributed by atoms with van der Waals surface area (Å²) in [7, 11) is 0. The molecule has 2 heterocycles. The average Bonchev–Trinajstić information content (AvgIpc) is 2.78. The minimum Gasteiger partial charge on any atom is -0.486 e. The number of hydrogen-bond donors (Lipinski definition) is 1. The van der Waals surface area contributed by atoms with E-state index in [1.165, 1.54) is 5.56 Å². The minimum atomic E-state index is -0.594.